The monoisotopic (exact) mass is 486 g/mol. The topological polar surface area (TPSA) is 158 Å². The standard InChI is InChI=1S/C23H26N4O8/c1-33-19-12-16(17(27(31)32)13-20(19)34-2)22(29)26-15-7-5-14(6-8-15)21(28)24-9-10-25-23(30)18-4-3-11-35-18/h5-8,12-13,18H,3-4,9-11H2,1-2H3,(H,24,28)(H,25,30)(H,26,29). The number of ether oxygens (including phenoxy) is 3. The number of nitrogens with one attached hydrogen (secondary N) is 3. The maximum absolute atomic E-state index is 12.7. The predicted octanol–water partition coefficient (Wildman–Crippen LogP) is 1.89. The minimum absolute atomic E-state index is 0.123. The van der Waals surface area contributed by atoms with Crippen molar-refractivity contribution in [3.8, 4) is 11.5 Å². The molecule has 1 fully saturated rings. The molecule has 1 aliphatic rings. The molecule has 0 spiro atoms. The molecule has 1 atom stereocenters. The number of hydrogen-bond donors (Lipinski definition) is 3. The first-order chi connectivity index (χ1) is 16.8. The van der Waals surface area contributed by atoms with Gasteiger partial charge in [-0.3, -0.25) is 24.5 Å². The van der Waals surface area contributed by atoms with E-state index in [4.69, 9.17) is 14.2 Å². The average Bonchev–Trinajstić information content (AvgIpc) is 3.41. The van der Waals surface area contributed by atoms with Crippen LogP contribution in [-0.2, 0) is 9.53 Å². The lowest BCUT2D eigenvalue weighted by molar-refractivity contribution is -0.385. The van der Waals surface area contributed by atoms with Gasteiger partial charge in [-0.05, 0) is 37.1 Å². The summed E-state index contributed by atoms with van der Waals surface area (Å²) in [4.78, 5) is 47.7. The summed E-state index contributed by atoms with van der Waals surface area (Å²) in [5, 5.41) is 19.4. The number of hydrogen-bond acceptors (Lipinski definition) is 8. The van der Waals surface area contributed by atoms with Gasteiger partial charge in [-0.2, -0.15) is 0 Å². The third-order valence-corrected chi connectivity index (χ3v) is 5.28. The van der Waals surface area contributed by atoms with E-state index in [-0.39, 0.29) is 42.0 Å². The van der Waals surface area contributed by atoms with Crippen LogP contribution in [0.1, 0.15) is 33.6 Å². The molecule has 1 aliphatic heterocycles. The van der Waals surface area contributed by atoms with Gasteiger partial charge in [0.05, 0.1) is 25.2 Å². The Morgan fingerprint density at radius 1 is 1.03 bits per heavy atom. The fourth-order valence-electron chi connectivity index (χ4n) is 3.47. The Hall–Kier alpha value is -4.19. The van der Waals surface area contributed by atoms with E-state index in [2.05, 4.69) is 16.0 Å². The highest BCUT2D eigenvalue weighted by Crippen LogP contribution is 2.34. The minimum atomic E-state index is -0.725. The first kappa shape index (κ1) is 25.4. The number of nitrogens with zero attached hydrogens (tertiary/aromatic N) is 1. The number of amides is 3. The molecule has 186 valence electrons. The van der Waals surface area contributed by atoms with Crippen molar-refractivity contribution < 1.29 is 33.5 Å². The van der Waals surface area contributed by atoms with Crippen LogP contribution in [0.5, 0.6) is 11.5 Å². The largest absolute Gasteiger partial charge is 0.493 e. The van der Waals surface area contributed by atoms with Crippen molar-refractivity contribution in [2.45, 2.75) is 18.9 Å². The molecule has 0 aromatic heterocycles. The number of nitro benzene ring substituents is 1. The molecule has 0 aliphatic carbocycles. The second-order valence-corrected chi connectivity index (χ2v) is 7.56. The van der Waals surface area contributed by atoms with Crippen LogP contribution in [0.4, 0.5) is 11.4 Å². The van der Waals surface area contributed by atoms with Gasteiger partial charge in [0.15, 0.2) is 11.5 Å². The van der Waals surface area contributed by atoms with Crippen molar-refractivity contribution in [3.63, 3.8) is 0 Å². The molecule has 12 nitrogen and oxygen atoms in total. The van der Waals surface area contributed by atoms with E-state index in [0.29, 0.717) is 24.3 Å². The second-order valence-electron chi connectivity index (χ2n) is 7.56. The van der Waals surface area contributed by atoms with Gasteiger partial charge < -0.3 is 30.2 Å². The maximum Gasteiger partial charge on any atom is 0.286 e. The van der Waals surface area contributed by atoms with Crippen LogP contribution in [0.2, 0.25) is 0 Å². The number of rotatable bonds is 10. The average molecular weight is 486 g/mol. The molecule has 3 amide bonds. The SMILES string of the molecule is COc1cc(C(=O)Nc2ccc(C(=O)NCCNC(=O)C3CCCO3)cc2)c([N+](=O)[O-])cc1OC. The summed E-state index contributed by atoms with van der Waals surface area (Å²) in [6, 6.07) is 8.34. The van der Waals surface area contributed by atoms with E-state index in [0.717, 1.165) is 12.5 Å². The van der Waals surface area contributed by atoms with Gasteiger partial charge >= 0.3 is 0 Å². The summed E-state index contributed by atoms with van der Waals surface area (Å²) in [5.74, 6) is -0.979. The van der Waals surface area contributed by atoms with Crippen LogP contribution in [0.25, 0.3) is 0 Å². The molecule has 2 aromatic rings. The molecule has 0 radical (unpaired) electrons. The molecule has 1 unspecified atom stereocenters. The number of benzene rings is 2. The lowest BCUT2D eigenvalue weighted by Gasteiger charge is -2.12. The van der Waals surface area contributed by atoms with Gasteiger partial charge in [0.2, 0.25) is 5.91 Å². The summed E-state index contributed by atoms with van der Waals surface area (Å²) in [7, 11) is 2.69. The fraction of sp³-hybridized carbons (Fsp3) is 0.348. The van der Waals surface area contributed by atoms with Gasteiger partial charge in [0, 0.05) is 37.0 Å². The molecular weight excluding hydrogens is 460 g/mol. The summed E-state index contributed by atoms with van der Waals surface area (Å²) >= 11 is 0. The Morgan fingerprint density at radius 3 is 2.29 bits per heavy atom. The number of anilines is 1. The molecule has 35 heavy (non-hydrogen) atoms. The summed E-state index contributed by atoms with van der Waals surface area (Å²) in [6.45, 7) is 1.08. The molecule has 1 saturated heterocycles. The fourth-order valence-corrected chi connectivity index (χ4v) is 3.47. The van der Waals surface area contributed by atoms with Gasteiger partial charge in [-0.1, -0.05) is 0 Å². The van der Waals surface area contributed by atoms with Crippen molar-refractivity contribution in [1.29, 1.82) is 0 Å². The van der Waals surface area contributed by atoms with Crippen LogP contribution in [0, 0.1) is 10.1 Å². The quantitative estimate of drug-likeness (QED) is 0.261. The Bertz CT molecular complexity index is 1100. The molecule has 0 saturated carbocycles. The highest BCUT2D eigenvalue weighted by molar-refractivity contribution is 6.07. The first-order valence-corrected chi connectivity index (χ1v) is 10.8. The van der Waals surface area contributed by atoms with E-state index in [1.807, 2.05) is 0 Å². The Morgan fingerprint density at radius 2 is 1.69 bits per heavy atom. The third kappa shape index (κ3) is 6.44. The highest BCUT2D eigenvalue weighted by atomic mass is 16.6. The summed E-state index contributed by atoms with van der Waals surface area (Å²) in [5.41, 5.74) is 0.0206. The van der Waals surface area contributed by atoms with Crippen LogP contribution in [-0.4, -0.2) is 62.7 Å². The normalized spacial score (nSPS) is 14.6. The van der Waals surface area contributed by atoms with E-state index in [9.17, 15) is 24.5 Å². The zero-order valence-corrected chi connectivity index (χ0v) is 19.3. The zero-order chi connectivity index (χ0) is 25.4. The Labute approximate surface area is 201 Å². The van der Waals surface area contributed by atoms with E-state index in [1.54, 1.807) is 0 Å². The molecular formula is C23H26N4O8. The van der Waals surface area contributed by atoms with Crippen LogP contribution in [0.15, 0.2) is 36.4 Å². The number of carbonyl (C=O) groups excluding carboxylic acids is 3. The van der Waals surface area contributed by atoms with Crippen molar-refractivity contribution in [2.75, 3.05) is 39.2 Å². The van der Waals surface area contributed by atoms with E-state index in [1.165, 1.54) is 44.6 Å². The molecule has 3 N–H and O–H groups in total. The molecule has 1 heterocycles. The second kappa shape index (κ2) is 11.8. The van der Waals surface area contributed by atoms with Crippen molar-refractivity contribution in [2.24, 2.45) is 0 Å². The Balaban J connectivity index is 1.57. The molecule has 2 aromatic carbocycles. The van der Waals surface area contributed by atoms with E-state index >= 15 is 0 Å². The van der Waals surface area contributed by atoms with Crippen LogP contribution in [0.3, 0.4) is 0 Å². The maximum atomic E-state index is 12.7. The lowest BCUT2D eigenvalue weighted by atomic mass is 10.1. The lowest BCUT2D eigenvalue weighted by Crippen LogP contribution is -2.39. The predicted molar refractivity (Wildman–Crippen MR) is 125 cm³/mol. The highest BCUT2D eigenvalue weighted by Gasteiger charge is 2.25. The van der Waals surface area contributed by atoms with Crippen molar-refractivity contribution in [1.82, 2.24) is 10.6 Å². The van der Waals surface area contributed by atoms with Crippen molar-refractivity contribution >= 4 is 29.1 Å². The Kier molecular flexibility index (Phi) is 8.57. The zero-order valence-electron chi connectivity index (χ0n) is 19.3. The van der Waals surface area contributed by atoms with Gasteiger partial charge in [-0.15, -0.1) is 0 Å². The van der Waals surface area contributed by atoms with Gasteiger partial charge in [-0.25, -0.2) is 0 Å². The smallest absolute Gasteiger partial charge is 0.286 e. The molecule has 12 heteroatoms. The van der Waals surface area contributed by atoms with E-state index < -0.39 is 22.6 Å². The molecule has 3 rings (SSSR count). The number of methoxy groups -OCH3 is 2. The van der Waals surface area contributed by atoms with Gasteiger partial charge in [0.25, 0.3) is 17.5 Å². The molecule has 0 bridgehead atoms. The van der Waals surface area contributed by atoms with Crippen LogP contribution < -0.4 is 25.4 Å². The van der Waals surface area contributed by atoms with Crippen LogP contribution >= 0.6 is 0 Å². The summed E-state index contributed by atoms with van der Waals surface area (Å²) < 4.78 is 15.5. The first-order valence-electron chi connectivity index (χ1n) is 10.8. The number of carbonyl (C=O) groups is 3. The number of nitro groups is 1. The van der Waals surface area contributed by atoms with Crippen molar-refractivity contribution in [3.05, 3.63) is 57.6 Å². The van der Waals surface area contributed by atoms with Gasteiger partial charge in [0.1, 0.15) is 11.7 Å². The minimum Gasteiger partial charge on any atom is -0.493 e. The third-order valence-electron chi connectivity index (χ3n) is 5.28. The summed E-state index contributed by atoms with van der Waals surface area (Å²) in [6.07, 6.45) is 1.13.